The standard InChI is InChI=1S/C14H12FNO4S/c1-9-5-2-3-8-12(9)21(19,20)16-11-7-4-6-10(15)13(11)14(17)18/h2-8,16H,1H3,(H,17,18). The Morgan fingerprint density at radius 3 is 2.43 bits per heavy atom. The second-order valence-corrected chi connectivity index (χ2v) is 5.99. The molecule has 0 heterocycles. The first-order valence-electron chi connectivity index (χ1n) is 5.93. The molecule has 0 aliphatic rings. The number of nitrogens with one attached hydrogen (secondary N) is 1. The minimum absolute atomic E-state index is 0.00519. The zero-order chi connectivity index (χ0) is 15.6. The first kappa shape index (κ1) is 15.0. The highest BCUT2D eigenvalue weighted by molar-refractivity contribution is 7.92. The summed E-state index contributed by atoms with van der Waals surface area (Å²) in [5.74, 6) is -2.55. The van der Waals surface area contributed by atoms with Gasteiger partial charge in [-0.05, 0) is 30.7 Å². The lowest BCUT2D eigenvalue weighted by Crippen LogP contribution is -2.17. The van der Waals surface area contributed by atoms with Gasteiger partial charge < -0.3 is 5.11 Å². The van der Waals surface area contributed by atoms with Crippen molar-refractivity contribution in [2.45, 2.75) is 11.8 Å². The van der Waals surface area contributed by atoms with Crippen LogP contribution in [0, 0.1) is 12.7 Å². The number of benzene rings is 2. The highest BCUT2D eigenvalue weighted by Crippen LogP contribution is 2.23. The Labute approximate surface area is 121 Å². The second kappa shape index (κ2) is 5.53. The predicted molar refractivity (Wildman–Crippen MR) is 75.3 cm³/mol. The predicted octanol–water partition coefficient (Wildman–Crippen LogP) is 2.63. The number of anilines is 1. The van der Waals surface area contributed by atoms with Gasteiger partial charge in [-0.15, -0.1) is 0 Å². The Bertz CT molecular complexity index is 802. The van der Waals surface area contributed by atoms with Crippen LogP contribution in [0.15, 0.2) is 47.4 Å². The molecule has 0 saturated carbocycles. The van der Waals surface area contributed by atoms with Crippen molar-refractivity contribution in [3.8, 4) is 0 Å². The smallest absolute Gasteiger partial charge is 0.340 e. The molecular formula is C14H12FNO4S. The quantitative estimate of drug-likeness (QED) is 0.909. The first-order valence-corrected chi connectivity index (χ1v) is 7.41. The molecule has 0 aromatic heterocycles. The number of hydrogen-bond acceptors (Lipinski definition) is 3. The molecule has 7 heteroatoms. The number of rotatable bonds is 4. The molecule has 0 atom stereocenters. The lowest BCUT2D eigenvalue weighted by Gasteiger charge is -2.12. The van der Waals surface area contributed by atoms with Crippen LogP contribution in [0.4, 0.5) is 10.1 Å². The van der Waals surface area contributed by atoms with E-state index in [1.165, 1.54) is 18.2 Å². The second-order valence-electron chi connectivity index (χ2n) is 4.34. The van der Waals surface area contributed by atoms with Crippen molar-refractivity contribution in [2.24, 2.45) is 0 Å². The number of sulfonamides is 1. The van der Waals surface area contributed by atoms with Gasteiger partial charge in [-0.25, -0.2) is 17.6 Å². The van der Waals surface area contributed by atoms with Gasteiger partial charge in [-0.2, -0.15) is 0 Å². The van der Waals surface area contributed by atoms with Gasteiger partial charge in [0.1, 0.15) is 11.4 Å². The van der Waals surface area contributed by atoms with Crippen LogP contribution in [-0.4, -0.2) is 19.5 Å². The highest BCUT2D eigenvalue weighted by Gasteiger charge is 2.22. The first-order chi connectivity index (χ1) is 9.83. The van der Waals surface area contributed by atoms with Crippen LogP contribution in [0.5, 0.6) is 0 Å². The molecule has 2 rings (SSSR count). The number of carboxylic acids is 1. The SMILES string of the molecule is Cc1ccccc1S(=O)(=O)Nc1cccc(F)c1C(=O)O. The fourth-order valence-electron chi connectivity index (χ4n) is 1.88. The molecule has 110 valence electrons. The molecule has 5 nitrogen and oxygen atoms in total. The van der Waals surface area contributed by atoms with Gasteiger partial charge in [-0.1, -0.05) is 24.3 Å². The van der Waals surface area contributed by atoms with Gasteiger partial charge in [0, 0.05) is 0 Å². The van der Waals surface area contributed by atoms with E-state index < -0.39 is 27.4 Å². The number of carboxylic acid groups (broad SMARTS) is 1. The Hall–Kier alpha value is -2.41. The third kappa shape index (κ3) is 3.03. The summed E-state index contributed by atoms with van der Waals surface area (Å²) in [5.41, 5.74) is -0.529. The third-order valence-corrected chi connectivity index (χ3v) is 4.38. The summed E-state index contributed by atoms with van der Waals surface area (Å²) < 4.78 is 40.2. The molecule has 0 unspecified atom stereocenters. The van der Waals surface area contributed by atoms with Crippen molar-refractivity contribution >= 4 is 21.7 Å². The lowest BCUT2D eigenvalue weighted by atomic mass is 10.2. The summed E-state index contributed by atoms with van der Waals surface area (Å²) in [6.45, 7) is 1.61. The minimum Gasteiger partial charge on any atom is -0.478 e. The number of aromatic carboxylic acids is 1. The van der Waals surface area contributed by atoms with E-state index in [0.29, 0.717) is 5.56 Å². The van der Waals surface area contributed by atoms with Crippen molar-refractivity contribution < 1.29 is 22.7 Å². The van der Waals surface area contributed by atoms with Crippen LogP contribution in [-0.2, 0) is 10.0 Å². The lowest BCUT2D eigenvalue weighted by molar-refractivity contribution is 0.0693. The molecule has 0 spiro atoms. The number of hydrogen-bond donors (Lipinski definition) is 2. The van der Waals surface area contributed by atoms with Crippen LogP contribution in [0.1, 0.15) is 15.9 Å². The fraction of sp³-hybridized carbons (Fsp3) is 0.0714. The fourth-order valence-corrected chi connectivity index (χ4v) is 3.20. The summed E-state index contributed by atoms with van der Waals surface area (Å²) in [7, 11) is -4.00. The van der Waals surface area contributed by atoms with E-state index in [1.54, 1.807) is 25.1 Å². The largest absolute Gasteiger partial charge is 0.478 e. The molecule has 0 aliphatic heterocycles. The molecule has 0 radical (unpaired) electrons. The van der Waals surface area contributed by atoms with Gasteiger partial charge in [0.25, 0.3) is 10.0 Å². The Kier molecular flexibility index (Phi) is 3.95. The average molecular weight is 309 g/mol. The van der Waals surface area contributed by atoms with E-state index in [4.69, 9.17) is 5.11 Å². The maximum absolute atomic E-state index is 13.5. The van der Waals surface area contributed by atoms with Gasteiger partial charge in [0.2, 0.25) is 0 Å². The normalized spacial score (nSPS) is 11.1. The maximum Gasteiger partial charge on any atom is 0.340 e. The highest BCUT2D eigenvalue weighted by atomic mass is 32.2. The van der Waals surface area contributed by atoms with E-state index in [9.17, 15) is 17.6 Å². The molecule has 0 amide bonds. The Balaban J connectivity index is 2.50. The van der Waals surface area contributed by atoms with Gasteiger partial charge in [0.05, 0.1) is 10.6 Å². The maximum atomic E-state index is 13.5. The van der Waals surface area contributed by atoms with Crippen molar-refractivity contribution in [1.29, 1.82) is 0 Å². The van der Waals surface area contributed by atoms with E-state index in [0.717, 1.165) is 6.07 Å². The van der Waals surface area contributed by atoms with Crippen LogP contribution < -0.4 is 4.72 Å². The number of aryl methyl sites for hydroxylation is 1. The van der Waals surface area contributed by atoms with E-state index in [2.05, 4.69) is 4.72 Å². The van der Waals surface area contributed by atoms with Crippen molar-refractivity contribution in [1.82, 2.24) is 0 Å². The molecule has 2 N–H and O–H groups in total. The van der Waals surface area contributed by atoms with Crippen molar-refractivity contribution in [3.05, 3.63) is 59.4 Å². The van der Waals surface area contributed by atoms with E-state index in [-0.39, 0.29) is 10.6 Å². The van der Waals surface area contributed by atoms with Crippen molar-refractivity contribution in [3.63, 3.8) is 0 Å². The number of halogens is 1. The third-order valence-electron chi connectivity index (χ3n) is 2.85. The topological polar surface area (TPSA) is 83.5 Å². The zero-order valence-electron chi connectivity index (χ0n) is 11.0. The van der Waals surface area contributed by atoms with E-state index in [1.807, 2.05) is 0 Å². The van der Waals surface area contributed by atoms with Crippen LogP contribution in [0.25, 0.3) is 0 Å². The molecule has 2 aromatic rings. The van der Waals surface area contributed by atoms with Crippen molar-refractivity contribution in [2.75, 3.05) is 4.72 Å². The van der Waals surface area contributed by atoms with Crippen LogP contribution in [0.2, 0.25) is 0 Å². The average Bonchev–Trinajstić information content (AvgIpc) is 2.38. The van der Waals surface area contributed by atoms with Gasteiger partial charge >= 0.3 is 5.97 Å². The summed E-state index contributed by atoms with van der Waals surface area (Å²) in [4.78, 5) is 11.1. The molecule has 0 bridgehead atoms. The minimum atomic E-state index is -4.00. The van der Waals surface area contributed by atoms with Gasteiger partial charge in [0.15, 0.2) is 0 Å². The molecule has 21 heavy (non-hydrogen) atoms. The monoisotopic (exact) mass is 309 g/mol. The molecule has 0 fully saturated rings. The number of carbonyl (C=O) groups is 1. The van der Waals surface area contributed by atoms with Crippen LogP contribution in [0.3, 0.4) is 0 Å². The Morgan fingerprint density at radius 1 is 1.14 bits per heavy atom. The molecule has 0 saturated heterocycles. The van der Waals surface area contributed by atoms with E-state index >= 15 is 0 Å². The molecular weight excluding hydrogens is 297 g/mol. The molecule has 0 aliphatic carbocycles. The summed E-state index contributed by atoms with van der Waals surface area (Å²) in [5, 5.41) is 8.99. The summed E-state index contributed by atoms with van der Waals surface area (Å²) in [6, 6.07) is 9.61. The van der Waals surface area contributed by atoms with Crippen LogP contribution >= 0.6 is 0 Å². The zero-order valence-corrected chi connectivity index (χ0v) is 11.8. The molecule has 2 aromatic carbocycles. The summed E-state index contributed by atoms with van der Waals surface area (Å²) in [6.07, 6.45) is 0. The van der Waals surface area contributed by atoms with Gasteiger partial charge in [-0.3, -0.25) is 4.72 Å². The Morgan fingerprint density at radius 2 is 1.81 bits per heavy atom. The summed E-state index contributed by atoms with van der Waals surface area (Å²) >= 11 is 0.